The number of rotatable bonds is 5. The third-order valence-electron chi connectivity index (χ3n) is 2.97. The smallest absolute Gasteiger partial charge is 0.252 e. The minimum atomic E-state index is -0.0744. The minimum absolute atomic E-state index is 0.0744. The second-order valence-electron chi connectivity index (χ2n) is 5.04. The Morgan fingerprint density at radius 1 is 1.41 bits per heavy atom. The van der Waals surface area contributed by atoms with Gasteiger partial charge in [0, 0.05) is 25.6 Å². The van der Waals surface area contributed by atoms with Crippen LogP contribution in [0.2, 0.25) is 0 Å². The van der Waals surface area contributed by atoms with E-state index in [1.165, 1.54) is 0 Å². The van der Waals surface area contributed by atoms with Gasteiger partial charge in [0.25, 0.3) is 5.56 Å². The molecule has 0 bridgehead atoms. The topological polar surface area (TPSA) is 49.0 Å². The van der Waals surface area contributed by atoms with Gasteiger partial charge in [-0.3, -0.25) is 4.79 Å². The first-order valence-corrected chi connectivity index (χ1v) is 6.26. The summed E-state index contributed by atoms with van der Waals surface area (Å²) in [7, 11) is 1.98. The highest BCUT2D eigenvalue weighted by Crippen LogP contribution is 2.13. The van der Waals surface area contributed by atoms with Crippen LogP contribution in [0.3, 0.4) is 0 Å². The van der Waals surface area contributed by atoms with E-state index in [1.807, 2.05) is 20.9 Å². The van der Waals surface area contributed by atoms with Crippen LogP contribution in [0.5, 0.6) is 0 Å². The maximum Gasteiger partial charge on any atom is 0.252 e. The van der Waals surface area contributed by atoms with Crippen LogP contribution in [0.25, 0.3) is 0 Å². The molecule has 17 heavy (non-hydrogen) atoms. The number of aromatic amines is 1. The van der Waals surface area contributed by atoms with Gasteiger partial charge < -0.3 is 9.88 Å². The molecule has 1 aromatic heterocycles. The van der Waals surface area contributed by atoms with Crippen LogP contribution >= 0.6 is 0 Å². The van der Waals surface area contributed by atoms with Crippen molar-refractivity contribution in [3.63, 3.8) is 0 Å². The zero-order valence-corrected chi connectivity index (χ0v) is 11.4. The van der Waals surface area contributed by atoms with E-state index in [2.05, 4.69) is 28.7 Å². The molecule has 0 saturated heterocycles. The molecule has 1 aromatic rings. The Morgan fingerprint density at radius 2 is 2.06 bits per heavy atom. The van der Waals surface area contributed by atoms with E-state index in [1.54, 1.807) is 6.07 Å². The molecule has 1 atom stereocenters. The predicted molar refractivity (Wildman–Crippen MR) is 71.7 cm³/mol. The number of anilines is 1. The summed E-state index contributed by atoms with van der Waals surface area (Å²) in [4.78, 5) is 20.9. The van der Waals surface area contributed by atoms with Gasteiger partial charge in [-0.05, 0) is 5.92 Å². The Hall–Kier alpha value is -1.32. The Balaban J connectivity index is 2.93. The SMILES string of the molecule is CCC(C)CN(C)c1cc(=O)[nH]c(C(C)C)n1. The Kier molecular flexibility index (Phi) is 4.73. The van der Waals surface area contributed by atoms with Gasteiger partial charge in [0.15, 0.2) is 0 Å². The molecule has 1 rings (SSSR count). The van der Waals surface area contributed by atoms with E-state index in [4.69, 9.17) is 0 Å². The minimum Gasteiger partial charge on any atom is -0.359 e. The summed E-state index contributed by atoms with van der Waals surface area (Å²) in [6.07, 6.45) is 1.13. The molecule has 1 N–H and O–H groups in total. The number of H-pyrrole nitrogens is 1. The van der Waals surface area contributed by atoms with E-state index in [9.17, 15) is 4.79 Å². The predicted octanol–water partition coefficient (Wildman–Crippen LogP) is 2.38. The lowest BCUT2D eigenvalue weighted by molar-refractivity contribution is 0.556. The number of nitrogens with one attached hydrogen (secondary N) is 1. The van der Waals surface area contributed by atoms with Crippen LogP contribution in [0, 0.1) is 5.92 Å². The Labute approximate surface area is 103 Å². The highest BCUT2D eigenvalue weighted by atomic mass is 16.1. The zero-order chi connectivity index (χ0) is 13.0. The van der Waals surface area contributed by atoms with Gasteiger partial charge in [-0.15, -0.1) is 0 Å². The molecule has 0 fully saturated rings. The number of aromatic nitrogens is 2. The van der Waals surface area contributed by atoms with Crippen molar-refractivity contribution in [2.75, 3.05) is 18.5 Å². The Bertz CT molecular complexity index is 411. The van der Waals surface area contributed by atoms with Crippen molar-refractivity contribution in [1.29, 1.82) is 0 Å². The van der Waals surface area contributed by atoms with Crippen molar-refractivity contribution >= 4 is 5.82 Å². The molecule has 0 spiro atoms. The summed E-state index contributed by atoms with van der Waals surface area (Å²) in [5.41, 5.74) is -0.0744. The molecule has 0 amide bonds. The molecule has 0 radical (unpaired) electrons. The third kappa shape index (κ3) is 3.88. The first kappa shape index (κ1) is 13.7. The van der Waals surface area contributed by atoms with Crippen molar-refractivity contribution in [2.24, 2.45) is 5.92 Å². The van der Waals surface area contributed by atoms with Crippen molar-refractivity contribution < 1.29 is 0 Å². The average Bonchev–Trinajstić information content (AvgIpc) is 2.27. The second kappa shape index (κ2) is 5.84. The first-order valence-electron chi connectivity index (χ1n) is 6.26. The van der Waals surface area contributed by atoms with Crippen molar-refractivity contribution in [3.05, 3.63) is 22.2 Å². The molecule has 0 saturated carbocycles. The first-order chi connectivity index (χ1) is 7.93. The monoisotopic (exact) mass is 237 g/mol. The van der Waals surface area contributed by atoms with Crippen molar-refractivity contribution in [2.45, 2.75) is 40.0 Å². The van der Waals surface area contributed by atoms with E-state index < -0.39 is 0 Å². The van der Waals surface area contributed by atoms with Gasteiger partial charge in [0.2, 0.25) is 0 Å². The van der Waals surface area contributed by atoms with Gasteiger partial charge in [-0.1, -0.05) is 34.1 Å². The van der Waals surface area contributed by atoms with Gasteiger partial charge >= 0.3 is 0 Å². The Morgan fingerprint density at radius 3 is 2.59 bits per heavy atom. The summed E-state index contributed by atoms with van der Waals surface area (Å²) >= 11 is 0. The van der Waals surface area contributed by atoms with Crippen LogP contribution in [0.4, 0.5) is 5.82 Å². The zero-order valence-electron chi connectivity index (χ0n) is 11.4. The maximum atomic E-state index is 11.6. The van der Waals surface area contributed by atoms with Crippen LogP contribution in [-0.2, 0) is 0 Å². The summed E-state index contributed by atoms with van der Waals surface area (Å²) < 4.78 is 0. The summed E-state index contributed by atoms with van der Waals surface area (Å²) in [6.45, 7) is 9.34. The van der Waals surface area contributed by atoms with Gasteiger partial charge in [0.1, 0.15) is 11.6 Å². The van der Waals surface area contributed by atoms with Gasteiger partial charge in [0.05, 0.1) is 0 Å². The second-order valence-corrected chi connectivity index (χ2v) is 5.04. The highest BCUT2D eigenvalue weighted by Gasteiger charge is 2.10. The summed E-state index contributed by atoms with van der Waals surface area (Å²) in [5, 5.41) is 0. The third-order valence-corrected chi connectivity index (χ3v) is 2.97. The molecule has 0 aliphatic rings. The van der Waals surface area contributed by atoms with E-state index >= 15 is 0 Å². The van der Waals surface area contributed by atoms with Gasteiger partial charge in [-0.25, -0.2) is 4.98 Å². The fourth-order valence-electron chi connectivity index (χ4n) is 1.62. The lowest BCUT2D eigenvalue weighted by Crippen LogP contribution is -2.27. The fraction of sp³-hybridized carbons (Fsp3) is 0.692. The van der Waals surface area contributed by atoms with Gasteiger partial charge in [-0.2, -0.15) is 0 Å². The number of nitrogens with zero attached hydrogens (tertiary/aromatic N) is 2. The van der Waals surface area contributed by atoms with Crippen LogP contribution in [-0.4, -0.2) is 23.6 Å². The van der Waals surface area contributed by atoms with E-state index in [-0.39, 0.29) is 11.5 Å². The standard InChI is InChI=1S/C13H23N3O/c1-6-10(4)8-16(5)11-7-12(17)15-13(14-11)9(2)3/h7,9-10H,6,8H2,1-5H3,(H,14,15,17). The number of hydrogen-bond donors (Lipinski definition) is 1. The van der Waals surface area contributed by atoms with E-state index in [0.29, 0.717) is 5.92 Å². The summed E-state index contributed by atoms with van der Waals surface area (Å²) in [5.74, 6) is 2.35. The lowest BCUT2D eigenvalue weighted by atomic mass is 10.1. The van der Waals surface area contributed by atoms with Crippen molar-refractivity contribution in [3.8, 4) is 0 Å². The lowest BCUT2D eigenvalue weighted by Gasteiger charge is -2.22. The molecule has 1 heterocycles. The normalized spacial score (nSPS) is 12.8. The van der Waals surface area contributed by atoms with E-state index in [0.717, 1.165) is 24.6 Å². The molecule has 1 unspecified atom stereocenters. The molecule has 4 heteroatoms. The molecular formula is C13H23N3O. The molecule has 0 aromatic carbocycles. The molecule has 4 nitrogen and oxygen atoms in total. The van der Waals surface area contributed by atoms with Crippen LogP contribution < -0.4 is 10.5 Å². The quantitative estimate of drug-likeness (QED) is 0.855. The molecular weight excluding hydrogens is 214 g/mol. The average molecular weight is 237 g/mol. The molecule has 0 aliphatic carbocycles. The fourth-order valence-corrected chi connectivity index (χ4v) is 1.62. The highest BCUT2D eigenvalue weighted by molar-refractivity contribution is 5.36. The molecule has 0 aliphatic heterocycles. The molecule has 96 valence electrons. The number of hydrogen-bond acceptors (Lipinski definition) is 3. The van der Waals surface area contributed by atoms with Crippen molar-refractivity contribution in [1.82, 2.24) is 9.97 Å². The summed E-state index contributed by atoms with van der Waals surface area (Å²) in [6, 6.07) is 1.56. The maximum absolute atomic E-state index is 11.6. The largest absolute Gasteiger partial charge is 0.359 e. The van der Waals surface area contributed by atoms with Crippen LogP contribution in [0.1, 0.15) is 45.9 Å². The van der Waals surface area contributed by atoms with Crippen LogP contribution in [0.15, 0.2) is 10.9 Å².